The second kappa shape index (κ2) is 8.80. The van der Waals surface area contributed by atoms with Gasteiger partial charge in [-0.05, 0) is 24.5 Å². The number of para-hydroxylation sites is 1. The minimum Gasteiger partial charge on any atom is -0.395 e. The van der Waals surface area contributed by atoms with E-state index in [1.807, 2.05) is 13.8 Å². The number of hydrogen-bond acceptors (Lipinski definition) is 5. The number of sulfonamides is 1. The van der Waals surface area contributed by atoms with E-state index in [9.17, 15) is 26.4 Å². The first kappa shape index (κ1) is 22.0. The number of rotatable bonds is 7. The highest BCUT2D eigenvalue weighted by molar-refractivity contribution is 7.93. The minimum atomic E-state index is -5.56. The number of nitrogens with zero attached hydrogens (tertiary/aromatic N) is 2. The zero-order valence-corrected chi connectivity index (χ0v) is 16.3. The largest absolute Gasteiger partial charge is 0.516 e. The summed E-state index contributed by atoms with van der Waals surface area (Å²) in [7, 11) is -5.56. The van der Waals surface area contributed by atoms with E-state index in [1.54, 1.807) is 10.8 Å². The van der Waals surface area contributed by atoms with Gasteiger partial charge < -0.3 is 9.74 Å². The predicted molar refractivity (Wildman–Crippen MR) is 97.9 cm³/mol. The predicted octanol–water partition coefficient (Wildman–Crippen LogP) is 3.10. The van der Waals surface area contributed by atoms with Gasteiger partial charge in [-0.15, -0.1) is 0 Å². The Kier molecular flexibility index (Phi) is 6.91. The molecule has 1 amide bonds. The molecule has 0 saturated carbocycles. The van der Waals surface area contributed by atoms with Crippen molar-refractivity contribution >= 4 is 27.3 Å². The number of nitrogens with one attached hydrogen (secondary N) is 1. The molecule has 2 rings (SSSR count). The number of hydrogen-bond donors (Lipinski definition) is 1. The number of oxime groups is 1. The van der Waals surface area contributed by atoms with Crippen LogP contribution in [0.2, 0.25) is 0 Å². The fraction of sp³-hybridized carbons (Fsp3) is 0.529. The number of anilines is 1. The van der Waals surface area contributed by atoms with Gasteiger partial charge in [0.05, 0.1) is 5.69 Å². The lowest BCUT2D eigenvalue weighted by atomic mass is 9.95. The molecule has 0 aliphatic carbocycles. The van der Waals surface area contributed by atoms with Crippen LogP contribution in [0.1, 0.15) is 32.3 Å². The van der Waals surface area contributed by atoms with Gasteiger partial charge in [-0.1, -0.05) is 37.2 Å². The average molecular weight is 421 g/mol. The molecule has 11 heteroatoms. The monoisotopic (exact) mass is 421 g/mol. The van der Waals surface area contributed by atoms with Crippen molar-refractivity contribution in [3.8, 4) is 0 Å². The Morgan fingerprint density at radius 3 is 2.64 bits per heavy atom. The van der Waals surface area contributed by atoms with Gasteiger partial charge in [-0.3, -0.25) is 9.52 Å². The van der Waals surface area contributed by atoms with Crippen molar-refractivity contribution in [2.24, 2.45) is 11.1 Å². The number of benzene rings is 1. The van der Waals surface area contributed by atoms with Gasteiger partial charge in [0.1, 0.15) is 12.3 Å². The van der Waals surface area contributed by atoms with Crippen LogP contribution < -0.4 is 4.72 Å². The van der Waals surface area contributed by atoms with E-state index in [0.717, 1.165) is 6.42 Å². The number of alkyl halides is 3. The van der Waals surface area contributed by atoms with Crippen molar-refractivity contribution in [2.75, 3.05) is 17.9 Å². The number of piperidine rings is 1. The third kappa shape index (κ3) is 5.15. The quantitative estimate of drug-likeness (QED) is 0.541. The molecule has 1 aromatic carbocycles. The van der Waals surface area contributed by atoms with Gasteiger partial charge in [-0.25, -0.2) is 0 Å². The highest BCUT2D eigenvalue weighted by Crippen LogP contribution is 2.28. The van der Waals surface area contributed by atoms with Crippen molar-refractivity contribution in [2.45, 2.75) is 38.7 Å². The van der Waals surface area contributed by atoms with Crippen LogP contribution in [0.15, 0.2) is 29.4 Å². The topological polar surface area (TPSA) is 88.1 Å². The summed E-state index contributed by atoms with van der Waals surface area (Å²) in [5, 5.41) is 3.91. The fourth-order valence-corrected chi connectivity index (χ4v) is 3.22. The molecule has 1 aliphatic heterocycles. The lowest BCUT2D eigenvalue weighted by molar-refractivity contribution is -0.126. The van der Waals surface area contributed by atoms with E-state index >= 15 is 0 Å². The molecule has 1 atom stereocenters. The molecule has 156 valence electrons. The van der Waals surface area contributed by atoms with Gasteiger partial charge in [0.2, 0.25) is 0 Å². The van der Waals surface area contributed by atoms with E-state index in [1.165, 1.54) is 23.1 Å². The summed E-state index contributed by atoms with van der Waals surface area (Å²) in [6, 6.07) is 5.64. The lowest BCUT2D eigenvalue weighted by Gasteiger charge is -2.31. The van der Waals surface area contributed by atoms with Crippen LogP contribution in [-0.2, 0) is 26.2 Å². The third-order valence-electron chi connectivity index (χ3n) is 4.19. The van der Waals surface area contributed by atoms with Crippen LogP contribution >= 0.6 is 0 Å². The molecule has 1 unspecified atom stereocenters. The second-order valence-corrected chi connectivity index (χ2v) is 8.11. The van der Waals surface area contributed by atoms with Crippen LogP contribution in [0.5, 0.6) is 0 Å². The molecule has 0 bridgehead atoms. The normalized spacial score (nSPS) is 19.8. The van der Waals surface area contributed by atoms with Gasteiger partial charge in [0.25, 0.3) is 5.91 Å². The molecule has 1 heterocycles. The Morgan fingerprint density at radius 1 is 1.32 bits per heavy atom. The molecule has 7 nitrogen and oxygen atoms in total. The summed E-state index contributed by atoms with van der Waals surface area (Å²) in [4.78, 5) is 19.2. The minimum absolute atomic E-state index is 0.0606. The summed E-state index contributed by atoms with van der Waals surface area (Å²) in [6.07, 6.45) is 1.34. The van der Waals surface area contributed by atoms with Crippen molar-refractivity contribution in [1.82, 2.24) is 4.90 Å². The summed E-state index contributed by atoms with van der Waals surface area (Å²) in [5.41, 5.74) is -5.18. The van der Waals surface area contributed by atoms with Crippen molar-refractivity contribution in [3.05, 3.63) is 29.8 Å². The summed E-state index contributed by atoms with van der Waals surface area (Å²) < 4.78 is 62.4. The Hall–Kier alpha value is -2.30. The third-order valence-corrected chi connectivity index (χ3v) is 5.29. The molecule has 28 heavy (non-hydrogen) atoms. The maximum Gasteiger partial charge on any atom is 0.516 e. The molecular formula is C17H22F3N3O4S. The average Bonchev–Trinajstić information content (AvgIpc) is 2.60. The first-order chi connectivity index (χ1) is 13.1. The zero-order chi connectivity index (χ0) is 20.9. The van der Waals surface area contributed by atoms with E-state index in [4.69, 9.17) is 4.84 Å². The molecular weight excluding hydrogens is 399 g/mol. The maximum absolute atomic E-state index is 12.7. The van der Waals surface area contributed by atoms with E-state index in [0.29, 0.717) is 19.6 Å². The molecule has 1 N–H and O–H groups in total. The number of carbonyl (C=O) groups is 1. The molecule has 1 aromatic rings. The van der Waals surface area contributed by atoms with Crippen molar-refractivity contribution < 1.29 is 31.2 Å². The SMILES string of the molecule is CCCO/N=C1/C(=O)N(Cc2ccccc2NS(=O)(=O)C(F)(F)F)CCC1C. The maximum atomic E-state index is 12.7. The molecule has 0 spiro atoms. The molecule has 1 aliphatic rings. The summed E-state index contributed by atoms with van der Waals surface area (Å²) in [5.74, 6) is -0.497. The second-order valence-electron chi connectivity index (χ2n) is 6.43. The Labute approximate surface area is 161 Å². The highest BCUT2D eigenvalue weighted by atomic mass is 32.2. The number of likely N-dealkylation sites (tertiary alicyclic amines) is 1. The van der Waals surface area contributed by atoms with E-state index in [-0.39, 0.29) is 35.3 Å². The molecule has 1 saturated heterocycles. The fourth-order valence-electron chi connectivity index (χ4n) is 2.61. The van der Waals surface area contributed by atoms with E-state index in [2.05, 4.69) is 5.16 Å². The molecule has 0 radical (unpaired) electrons. The Morgan fingerprint density at radius 2 is 2.00 bits per heavy atom. The molecule has 1 fully saturated rings. The number of amides is 1. The van der Waals surface area contributed by atoms with Crippen LogP contribution in [0.3, 0.4) is 0 Å². The number of halogens is 3. The van der Waals surface area contributed by atoms with Gasteiger partial charge >= 0.3 is 15.5 Å². The smallest absolute Gasteiger partial charge is 0.395 e. The van der Waals surface area contributed by atoms with Gasteiger partial charge in [0.15, 0.2) is 0 Å². The van der Waals surface area contributed by atoms with E-state index < -0.39 is 15.5 Å². The Balaban J connectivity index is 2.22. The summed E-state index contributed by atoms with van der Waals surface area (Å²) in [6.45, 7) is 4.42. The van der Waals surface area contributed by atoms with Crippen LogP contribution in [0.25, 0.3) is 0 Å². The first-order valence-electron chi connectivity index (χ1n) is 8.73. The van der Waals surface area contributed by atoms with Crippen LogP contribution in [-0.4, -0.2) is 43.6 Å². The standard InChI is InChI=1S/C17H22F3N3O4S/c1-3-10-27-21-15-12(2)8-9-23(16(15)24)11-13-6-4-5-7-14(13)22-28(25,26)17(18,19)20/h4-7,12,22H,3,8-11H2,1-2H3/b21-15+. The van der Waals surface area contributed by atoms with Gasteiger partial charge in [-0.2, -0.15) is 21.6 Å². The highest BCUT2D eigenvalue weighted by Gasteiger charge is 2.46. The number of carbonyl (C=O) groups excluding carboxylic acids is 1. The van der Waals surface area contributed by atoms with Crippen LogP contribution in [0.4, 0.5) is 18.9 Å². The zero-order valence-electron chi connectivity index (χ0n) is 15.5. The summed E-state index contributed by atoms with van der Waals surface area (Å²) >= 11 is 0. The van der Waals surface area contributed by atoms with Crippen molar-refractivity contribution in [3.63, 3.8) is 0 Å². The first-order valence-corrected chi connectivity index (χ1v) is 10.2. The molecule has 0 aromatic heterocycles. The van der Waals surface area contributed by atoms with Crippen molar-refractivity contribution in [1.29, 1.82) is 0 Å². The Bertz CT molecular complexity index is 840. The van der Waals surface area contributed by atoms with Gasteiger partial charge in [0, 0.05) is 19.0 Å². The van der Waals surface area contributed by atoms with Crippen LogP contribution in [0, 0.1) is 5.92 Å². The lowest BCUT2D eigenvalue weighted by Crippen LogP contribution is -2.45.